The number of anilines is 1. The first-order chi connectivity index (χ1) is 12.9. The molecule has 0 saturated carbocycles. The summed E-state index contributed by atoms with van der Waals surface area (Å²) in [6.07, 6.45) is 0. The number of nitrogens with zero attached hydrogens (tertiary/aromatic N) is 2. The van der Waals surface area contributed by atoms with E-state index in [-0.39, 0.29) is 11.8 Å². The van der Waals surface area contributed by atoms with Gasteiger partial charge in [0, 0.05) is 10.0 Å². The van der Waals surface area contributed by atoms with Crippen LogP contribution >= 0.6 is 27.3 Å². The molecule has 3 aromatic rings. The van der Waals surface area contributed by atoms with Crippen LogP contribution in [0.5, 0.6) is 0 Å². The van der Waals surface area contributed by atoms with E-state index in [1.807, 2.05) is 37.3 Å². The maximum atomic E-state index is 12.4. The molecule has 0 radical (unpaired) electrons. The SMILES string of the molecule is Cc1cccc(-c2nnc(NC(=O)C(C)NC(=O)c3ccccc3Br)s2)c1. The molecule has 0 aliphatic rings. The van der Waals surface area contributed by atoms with Gasteiger partial charge in [0.25, 0.3) is 5.91 Å². The molecule has 1 heterocycles. The van der Waals surface area contributed by atoms with Crippen molar-refractivity contribution < 1.29 is 9.59 Å². The predicted molar refractivity (Wildman–Crippen MR) is 110 cm³/mol. The Morgan fingerprint density at radius 2 is 1.89 bits per heavy atom. The Hall–Kier alpha value is -2.58. The van der Waals surface area contributed by atoms with Gasteiger partial charge in [0.1, 0.15) is 11.0 Å². The molecule has 2 aromatic carbocycles. The van der Waals surface area contributed by atoms with Crippen LogP contribution in [0.2, 0.25) is 0 Å². The number of aryl methyl sites for hydroxylation is 1. The van der Waals surface area contributed by atoms with E-state index in [9.17, 15) is 9.59 Å². The smallest absolute Gasteiger partial charge is 0.253 e. The second-order valence-corrected chi connectivity index (χ2v) is 7.78. The molecule has 0 spiro atoms. The molecule has 27 heavy (non-hydrogen) atoms. The van der Waals surface area contributed by atoms with Crippen LogP contribution in [-0.4, -0.2) is 28.1 Å². The second-order valence-electron chi connectivity index (χ2n) is 5.95. The number of aromatic nitrogens is 2. The maximum Gasteiger partial charge on any atom is 0.253 e. The Morgan fingerprint density at radius 3 is 2.63 bits per heavy atom. The van der Waals surface area contributed by atoms with E-state index in [0.29, 0.717) is 15.2 Å². The molecule has 0 saturated heterocycles. The van der Waals surface area contributed by atoms with Crippen LogP contribution in [0.3, 0.4) is 0 Å². The van der Waals surface area contributed by atoms with Crippen LogP contribution in [-0.2, 0) is 4.79 Å². The fourth-order valence-corrected chi connectivity index (χ4v) is 3.58. The fourth-order valence-electron chi connectivity index (χ4n) is 2.37. The standard InChI is InChI=1S/C19H17BrN4O2S/c1-11-6-5-7-13(10-11)18-23-24-19(27-18)22-16(25)12(2)21-17(26)14-8-3-4-9-15(14)20/h3-10,12H,1-2H3,(H,21,26)(H,22,24,25). The highest BCUT2D eigenvalue weighted by atomic mass is 79.9. The van der Waals surface area contributed by atoms with Gasteiger partial charge in [-0.05, 0) is 48.0 Å². The van der Waals surface area contributed by atoms with Gasteiger partial charge in [-0.3, -0.25) is 14.9 Å². The topological polar surface area (TPSA) is 84.0 Å². The molecule has 2 N–H and O–H groups in total. The largest absolute Gasteiger partial charge is 0.340 e. The summed E-state index contributed by atoms with van der Waals surface area (Å²) in [6.45, 7) is 3.62. The molecule has 1 atom stereocenters. The number of rotatable bonds is 5. The molecule has 0 fully saturated rings. The number of amides is 2. The third-order valence-electron chi connectivity index (χ3n) is 3.78. The average molecular weight is 445 g/mol. The monoisotopic (exact) mass is 444 g/mol. The van der Waals surface area contributed by atoms with Crippen LogP contribution in [0.4, 0.5) is 5.13 Å². The zero-order chi connectivity index (χ0) is 19.4. The molecule has 1 unspecified atom stereocenters. The van der Waals surface area contributed by atoms with E-state index in [4.69, 9.17) is 0 Å². The highest BCUT2D eigenvalue weighted by molar-refractivity contribution is 9.10. The number of hydrogen-bond donors (Lipinski definition) is 2. The number of hydrogen-bond acceptors (Lipinski definition) is 5. The normalized spacial score (nSPS) is 11.7. The summed E-state index contributed by atoms with van der Waals surface area (Å²) in [5.74, 6) is -0.690. The number of carbonyl (C=O) groups is 2. The van der Waals surface area contributed by atoms with Gasteiger partial charge in [0.15, 0.2) is 0 Å². The molecule has 0 aliphatic carbocycles. The quantitative estimate of drug-likeness (QED) is 0.621. The summed E-state index contributed by atoms with van der Waals surface area (Å²) in [7, 11) is 0. The van der Waals surface area contributed by atoms with Gasteiger partial charge in [-0.2, -0.15) is 0 Å². The molecular formula is C19H17BrN4O2S. The van der Waals surface area contributed by atoms with Gasteiger partial charge in [0.2, 0.25) is 11.0 Å². The summed E-state index contributed by atoms with van der Waals surface area (Å²) in [5, 5.41) is 14.6. The van der Waals surface area contributed by atoms with Crippen molar-refractivity contribution in [3.63, 3.8) is 0 Å². The minimum atomic E-state index is -0.726. The number of nitrogens with one attached hydrogen (secondary N) is 2. The Labute approximate surface area is 169 Å². The van der Waals surface area contributed by atoms with Crippen molar-refractivity contribution in [2.24, 2.45) is 0 Å². The Balaban J connectivity index is 1.63. The molecule has 6 nitrogen and oxygen atoms in total. The summed E-state index contributed by atoms with van der Waals surface area (Å²) < 4.78 is 0.669. The lowest BCUT2D eigenvalue weighted by Gasteiger charge is -2.13. The average Bonchev–Trinajstić information content (AvgIpc) is 3.10. The first-order valence-corrected chi connectivity index (χ1v) is 9.82. The molecule has 0 aliphatic heterocycles. The van der Waals surface area contributed by atoms with Crippen molar-refractivity contribution in [3.8, 4) is 10.6 Å². The zero-order valence-corrected chi connectivity index (χ0v) is 17.1. The van der Waals surface area contributed by atoms with E-state index >= 15 is 0 Å². The highest BCUT2D eigenvalue weighted by Crippen LogP contribution is 2.26. The Kier molecular flexibility index (Phi) is 5.98. The van der Waals surface area contributed by atoms with E-state index in [0.717, 1.165) is 16.1 Å². The lowest BCUT2D eigenvalue weighted by atomic mass is 10.1. The lowest BCUT2D eigenvalue weighted by molar-refractivity contribution is -0.117. The highest BCUT2D eigenvalue weighted by Gasteiger charge is 2.19. The molecule has 2 amide bonds. The Morgan fingerprint density at radius 1 is 1.11 bits per heavy atom. The first kappa shape index (κ1) is 19.2. The van der Waals surface area contributed by atoms with Crippen LogP contribution in [0.25, 0.3) is 10.6 Å². The van der Waals surface area contributed by atoms with Crippen LogP contribution < -0.4 is 10.6 Å². The molecule has 3 rings (SSSR count). The maximum absolute atomic E-state index is 12.4. The predicted octanol–water partition coefficient (Wildman–Crippen LogP) is 4.03. The summed E-state index contributed by atoms with van der Waals surface area (Å²) >= 11 is 4.61. The van der Waals surface area contributed by atoms with Gasteiger partial charge in [-0.1, -0.05) is 47.2 Å². The van der Waals surface area contributed by atoms with Crippen LogP contribution in [0.1, 0.15) is 22.8 Å². The van der Waals surface area contributed by atoms with Crippen LogP contribution in [0, 0.1) is 6.92 Å². The Bertz CT molecular complexity index is 989. The molecule has 0 bridgehead atoms. The van der Waals surface area contributed by atoms with Gasteiger partial charge in [-0.15, -0.1) is 10.2 Å². The van der Waals surface area contributed by atoms with Crippen molar-refractivity contribution in [1.29, 1.82) is 0 Å². The van der Waals surface area contributed by atoms with Crippen molar-refractivity contribution in [3.05, 3.63) is 64.1 Å². The lowest BCUT2D eigenvalue weighted by Crippen LogP contribution is -2.41. The van der Waals surface area contributed by atoms with E-state index in [2.05, 4.69) is 36.8 Å². The molecular weight excluding hydrogens is 428 g/mol. The van der Waals surface area contributed by atoms with Gasteiger partial charge >= 0.3 is 0 Å². The van der Waals surface area contributed by atoms with Gasteiger partial charge < -0.3 is 5.32 Å². The van der Waals surface area contributed by atoms with Crippen molar-refractivity contribution >= 4 is 44.2 Å². The first-order valence-electron chi connectivity index (χ1n) is 8.21. The molecule has 138 valence electrons. The number of carbonyl (C=O) groups excluding carboxylic acids is 2. The van der Waals surface area contributed by atoms with Gasteiger partial charge in [0.05, 0.1) is 5.56 Å². The van der Waals surface area contributed by atoms with E-state index < -0.39 is 6.04 Å². The minimum absolute atomic E-state index is 0.331. The molecule has 1 aromatic heterocycles. The zero-order valence-electron chi connectivity index (χ0n) is 14.7. The fraction of sp³-hybridized carbons (Fsp3) is 0.158. The number of benzene rings is 2. The minimum Gasteiger partial charge on any atom is -0.340 e. The van der Waals surface area contributed by atoms with Gasteiger partial charge in [-0.25, -0.2) is 0 Å². The summed E-state index contributed by atoms with van der Waals surface area (Å²) in [5.41, 5.74) is 2.54. The summed E-state index contributed by atoms with van der Waals surface area (Å²) in [6, 6.07) is 14.2. The third-order valence-corrected chi connectivity index (χ3v) is 5.36. The van der Waals surface area contributed by atoms with Crippen molar-refractivity contribution in [1.82, 2.24) is 15.5 Å². The van der Waals surface area contributed by atoms with E-state index in [1.54, 1.807) is 25.1 Å². The van der Waals surface area contributed by atoms with E-state index in [1.165, 1.54) is 11.3 Å². The van der Waals surface area contributed by atoms with Crippen LogP contribution in [0.15, 0.2) is 53.0 Å². The van der Waals surface area contributed by atoms with Crippen molar-refractivity contribution in [2.45, 2.75) is 19.9 Å². The third kappa shape index (κ3) is 4.78. The number of halogens is 1. The molecule has 8 heteroatoms. The van der Waals surface area contributed by atoms with Crippen molar-refractivity contribution in [2.75, 3.05) is 5.32 Å². The summed E-state index contributed by atoms with van der Waals surface area (Å²) in [4.78, 5) is 24.7. The second kappa shape index (κ2) is 8.41.